The van der Waals surface area contributed by atoms with Gasteiger partial charge in [-0.05, 0) is 6.92 Å². The highest BCUT2D eigenvalue weighted by Gasteiger charge is 2.00. The van der Waals surface area contributed by atoms with Crippen molar-refractivity contribution in [1.29, 1.82) is 0 Å². The van der Waals surface area contributed by atoms with Gasteiger partial charge in [0.1, 0.15) is 0 Å². The third kappa shape index (κ3) is 7.06. The number of hydrogen-bond acceptors (Lipinski definition) is 3. The van der Waals surface area contributed by atoms with Crippen molar-refractivity contribution in [3.8, 4) is 0 Å². The van der Waals surface area contributed by atoms with Crippen molar-refractivity contribution in [3.63, 3.8) is 0 Å². The minimum Gasteiger partial charge on any atom is -0.462 e. The molecule has 0 spiro atoms. The lowest BCUT2D eigenvalue weighted by molar-refractivity contribution is -0.139. The van der Waals surface area contributed by atoms with E-state index in [0.717, 1.165) is 0 Å². The third-order valence-electron chi connectivity index (χ3n) is 0.884. The number of carbonyl (C=O) groups is 1. The van der Waals surface area contributed by atoms with E-state index in [1.165, 1.54) is 0 Å². The Morgan fingerprint density at radius 1 is 1.64 bits per heavy atom. The molecule has 0 aromatic rings. The maximum absolute atomic E-state index is 10.6. The van der Waals surface area contributed by atoms with Crippen LogP contribution in [0.5, 0.6) is 0 Å². The van der Waals surface area contributed by atoms with E-state index in [4.69, 9.17) is 5.11 Å². The van der Waals surface area contributed by atoms with Crippen LogP contribution in [0.15, 0.2) is 12.2 Å². The molecule has 3 heteroatoms. The van der Waals surface area contributed by atoms with Crippen molar-refractivity contribution in [3.05, 3.63) is 19.6 Å². The fraction of sp³-hybridized carbons (Fsp3) is 0.500. The number of esters is 1. The van der Waals surface area contributed by atoms with Crippen LogP contribution < -0.4 is 0 Å². The molecule has 0 aliphatic heterocycles. The molecule has 0 aromatic heterocycles. The molecule has 0 aromatic carbocycles. The summed E-state index contributed by atoms with van der Waals surface area (Å²) in [4.78, 5) is 10.6. The van der Waals surface area contributed by atoms with Gasteiger partial charge < -0.3 is 9.84 Å². The molecule has 0 rings (SSSR count). The molecular formula is C8H15O3. The molecule has 1 radical (unpaired) electrons. The van der Waals surface area contributed by atoms with Crippen LogP contribution in [-0.4, -0.2) is 24.3 Å². The summed E-state index contributed by atoms with van der Waals surface area (Å²) in [6.07, 6.45) is 0.485. The highest BCUT2D eigenvalue weighted by Crippen LogP contribution is 1.92. The van der Waals surface area contributed by atoms with Crippen molar-refractivity contribution in [2.24, 2.45) is 0 Å². The largest absolute Gasteiger partial charge is 0.462 e. The molecular weight excluding hydrogens is 144 g/mol. The summed E-state index contributed by atoms with van der Waals surface area (Å²) in [5, 5.41) is 8.30. The normalized spacial score (nSPS) is 8.18. The van der Waals surface area contributed by atoms with E-state index in [1.54, 1.807) is 6.92 Å². The molecule has 1 N–H and O–H groups in total. The first-order valence-corrected chi connectivity index (χ1v) is 3.12. The van der Waals surface area contributed by atoms with Crippen LogP contribution in [0.25, 0.3) is 0 Å². The van der Waals surface area contributed by atoms with E-state index < -0.39 is 5.97 Å². The first kappa shape index (κ1) is 12.8. The number of ether oxygens (including phenoxy) is 1. The zero-order valence-electron chi connectivity index (χ0n) is 7.09. The van der Waals surface area contributed by atoms with E-state index in [2.05, 4.69) is 11.3 Å². The van der Waals surface area contributed by atoms with E-state index in [-0.39, 0.29) is 20.6 Å². The summed E-state index contributed by atoms with van der Waals surface area (Å²) in [7, 11) is 0. The molecule has 0 unspecified atom stereocenters. The summed E-state index contributed by atoms with van der Waals surface area (Å²) < 4.78 is 4.65. The van der Waals surface area contributed by atoms with E-state index in [9.17, 15) is 4.79 Å². The molecule has 0 heterocycles. The Morgan fingerprint density at radius 3 is 2.55 bits per heavy atom. The summed E-state index contributed by atoms with van der Waals surface area (Å²) in [5.41, 5.74) is 0.387. The summed E-state index contributed by atoms with van der Waals surface area (Å²) in [6, 6.07) is 0. The number of aliphatic hydroxyl groups is 1. The Balaban J connectivity index is 0. The second kappa shape index (κ2) is 7.28. The molecule has 0 aliphatic carbocycles. The highest BCUT2D eigenvalue weighted by molar-refractivity contribution is 5.86. The first-order valence-electron chi connectivity index (χ1n) is 3.12. The zero-order valence-corrected chi connectivity index (χ0v) is 7.09. The van der Waals surface area contributed by atoms with Crippen molar-refractivity contribution < 1.29 is 14.6 Å². The fourth-order valence-electron chi connectivity index (χ4n) is 0.353. The van der Waals surface area contributed by atoms with Gasteiger partial charge in [0.15, 0.2) is 0 Å². The van der Waals surface area contributed by atoms with E-state index in [0.29, 0.717) is 12.0 Å². The quantitative estimate of drug-likeness (QED) is 0.377. The second-order valence-corrected chi connectivity index (χ2v) is 1.99. The highest BCUT2D eigenvalue weighted by atomic mass is 16.5. The number of carbonyl (C=O) groups excluding carboxylic acids is 1. The Hall–Kier alpha value is -0.830. The summed E-state index contributed by atoms with van der Waals surface area (Å²) >= 11 is 0. The Kier molecular flexibility index (Phi) is 8.48. The first-order chi connectivity index (χ1) is 4.68. The van der Waals surface area contributed by atoms with Gasteiger partial charge in [-0.15, -0.1) is 0 Å². The molecule has 0 saturated heterocycles. The Bertz CT molecular complexity index is 129. The molecule has 3 nitrogen and oxygen atoms in total. The van der Waals surface area contributed by atoms with Crippen molar-refractivity contribution in [2.45, 2.75) is 13.3 Å². The lowest BCUT2D eigenvalue weighted by Gasteiger charge is -2.00. The van der Waals surface area contributed by atoms with Crippen LogP contribution in [0.2, 0.25) is 0 Å². The van der Waals surface area contributed by atoms with Gasteiger partial charge in [0.25, 0.3) is 0 Å². The van der Waals surface area contributed by atoms with Crippen molar-refractivity contribution >= 4 is 5.97 Å². The zero-order chi connectivity index (χ0) is 7.98. The van der Waals surface area contributed by atoms with Gasteiger partial charge in [-0.1, -0.05) is 14.0 Å². The maximum atomic E-state index is 10.6. The van der Waals surface area contributed by atoms with Crippen molar-refractivity contribution in [2.75, 3.05) is 13.2 Å². The van der Waals surface area contributed by atoms with Crippen LogP contribution in [0.3, 0.4) is 0 Å². The summed E-state index contributed by atoms with van der Waals surface area (Å²) in [5.74, 6) is -0.395. The van der Waals surface area contributed by atoms with Crippen LogP contribution in [0.4, 0.5) is 0 Å². The Morgan fingerprint density at radius 2 is 2.18 bits per heavy atom. The lowest BCUT2D eigenvalue weighted by atomic mass is 10.4. The van der Waals surface area contributed by atoms with Gasteiger partial charge in [-0.2, -0.15) is 0 Å². The monoisotopic (exact) mass is 159 g/mol. The van der Waals surface area contributed by atoms with Gasteiger partial charge in [-0.25, -0.2) is 4.79 Å². The minimum atomic E-state index is -0.395. The number of hydrogen-bond donors (Lipinski definition) is 1. The van der Waals surface area contributed by atoms with Crippen LogP contribution in [0.1, 0.15) is 13.3 Å². The lowest BCUT2D eigenvalue weighted by Crippen LogP contribution is -2.06. The molecule has 0 bridgehead atoms. The molecule has 0 saturated carbocycles. The molecule has 0 fully saturated rings. The molecule has 65 valence electrons. The third-order valence-corrected chi connectivity index (χ3v) is 0.884. The van der Waals surface area contributed by atoms with E-state index in [1.807, 2.05) is 0 Å². The van der Waals surface area contributed by atoms with Gasteiger partial charge >= 0.3 is 5.97 Å². The minimum absolute atomic E-state index is 0. The SMILES string of the molecule is C=C(C)C(=O)OCCCO.[CH3]. The topological polar surface area (TPSA) is 46.5 Å². The number of rotatable bonds is 4. The predicted octanol–water partition coefficient (Wildman–Crippen LogP) is 0.938. The van der Waals surface area contributed by atoms with Crippen LogP contribution in [-0.2, 0) is 9.53 Å². The molecule has 0 aliphatic rings. The van der Waals surface area contributed by atoms with E-state index >= 15 is 0 Å². The fourth-order valence-corrected chi connectivity index (χ4v) is 0.353. The predicted molar refractivity (Wildman–Crippen MR) is 43.9 cm³/mol. The second-order valence-electron chi connectivity index (χ2n) is 1.99. The van der Waals surface area contributed by atoms with Crippen LogP contribution in [0, 0.1) is 7.43 Å². The number of aliphatic hydroxyl groups excluding tert-OH is 1. The standard InChI is InChI=1S/C7H12O3.CH3/c1-6(2)7(9)10-5-3-4-8;/h8H,1,3-5H2,2H3;1H3. The van der Waals surface area contributed by atoms with Gasteiger partial charge in [0.2, 0.25) is 0 Å². The smallest absolute Gasteiger partial charge is 0.333 e. The Labute approximate surface area is 67.7 Å². The molecule has 0 amide bonds. The molecule has 0 atom stereocenters. The van der Waals surface area contributed by atoms with Crippen molar-refractivity contribution in [1.82, 2.24) is 0 Å². The summed E-state index contributed by atoms with van der Waals surface area (Å²) in [6.45, 7) is 5.29. The van der Waals surface area contributed by atoms with Crippen LogP contribution >= 0.6 is 0 Å². The van der Waals surface area contributed by atoms with Gasteiger partial charge in [-0.3, -0.25) is 0 Å². The molecule has 11 heavy (non-hydrogen) atoms. The average molecular weight is 159 g/mol. The maximum Gasteiger partial charge on any atom is 0.333 e. The van der Waals surface area contributed by atoms with Gasteiger partial charge in [0, 0.05) is 18.6 Å². The average Bonchev–Trinajstić information content (AvgIpc) is 1.88. The van der Waals surface area contributed by atoms with Gasteiger partial charge in [0.05, 0.1) is 6.61 Å².